The minimum atomic E-state index is 0.0301. The van der Waals surface area contributed by atoms with E-state index in [9.17, 15) is 5.11 Å². The van der Waals surface area contributed by atoms with E-state index in [4.69, 9.17) is 21.1 Å². The van der Waals surface area contributed by atoms with Crippen LogP contribution in [0.4, 0.5) is 5.69 Å². The summed E-state index contributed by atoms with van der Waals surface area (Å²) in [6.45, 7) is 12.8. The molecule has 0 amide bonds. The highest BCUT2D eigenvalue weighted by Crippen LogP contribution is 2.30. The number of nitrogens with zero attached hydrogens (tertiary/aromatic N) is 5. The molecule has 0 radical (unpaired) electrons. The number of anilines is 1. The molecule has 2 saturated heterocycles. The number of nitrogens with one attached hydrogen (secondary N) is 1. The molecule has 6 rings (SSSR count). The normalized spacial score (nSPS) is 21.5. The number of fused-ring (bicyclic) bond motifs is 1. The zero-order valence-corrected chi connectivity index (χ0v) is 24.8. The maximum absolute atomic E-state index is 9.82. The molecule has 0 spiro atoms. The minimum absolute atomic E-state index is 0.0301. The van der Waals surface area contributed by atoms with Gasteiger partial charge in [0.1, 0.15) is 17.9 Å². The van der Waals surface area contributed by atoms with Crippen LogP contribution in [0.25, 0.3) is 5.70 Å². The van der Waals surface area contributed by atoms with Crippen LogP contribution in [0.15, 0.2) is 58.3 Å². The summed E-state index contributed by atoms with van der Waals surface area (Å²) in [7, 11) is 0. The van der Waals surface area contributed by atoms with Gasteiger partial charge in [-0.3, -0.25) is 14.8 Å². The van der Waals surface area contributed by atoms with E-state index >= 15 is 0 Å². The SMILES string of the molecule is CC.Oc1ccc(NC2=NC=NC3CCC=C(n4cc(CN5CCOCC5)c(CN5CCOCC5)c4)C=C23)cc1Cl. The zero-order chi connectivity index (χ0) is 28.6. The number of aromatic nitrogens is 1. The Bertz CT molecular complexity index is 1270. The number of morpholine rings is 2. The lowest BCUT2D eigenvalue weighted by Gasteiger charge is -2.28. The molecule has 3 aliphatic heterocycles. The Morgan fingerprint density at radius 3 is 2.22 bits per heavy atom. The average Bonchev–Trinajstić information content (AvgIpc) is 3.25. The van der Waals surface area contributed by atoms with Gasteiger partial charge in [0.05, 0.1) is 37.5 Å². The van der Waals surface area contributed by atoms with E-state index in [1.807, 2.05) is 13.8 Å². The lowest BCUT2D eigenvalue weighted by molar-refractivity contribution is 0.0310. The zero-order valence-electron chi connectivity index (χ0n) is 24.1. The molecule has 1 aromatic heterocycles. The van der Waals surface area contributed by atoms with Crippen molar-refractivity contribution in [1.29, 1.82) is 0 Å². The van der Waals surface area contributed by atoms with E-state index in [-0.39, 0.29) is 11.8 Å². The molecule has 10 heteroatoms. The van der Waals surface area contributed by atoms with Crippen molar-refractivity contribution >= 4 is 35.2 Å². The van der Waals surface area contributed by atoms with Crippen LogP contribution in [0.3, 0.4) is 0 Å². The second-order valence-electron chi connectivity index (χ2n) is 10.3. The third kappa shape index (κ3) is 7.47. The molecule has 2 fully saturated rings. The van der Waals surface area contributed by atoms with Crippen molar-refractivity contribution in [2.24, 2.45) is 9.98 Å². The number of benzene rings is 1. The summed E-state index contributed by atoms with van der Waals surface area (Å²) >= 11 is 6.15. The summed E-state index contributed by atoms with van der Waals surface area (Å²) in [5.74, 6) is 0.804. The molecule has 220 valence electrons. The smallest absolute Gasteiger partial charge is 0.137 e. The van der Waals surface area contributed by atoms with Crippen molar-refractivity contribution in [2.75, 3.05) is 57.9 Å². The first-order valence-corrected chi connectivity index (χ1v) is 15.1. The molecule has 2 aromatic rings. The molecule has 4 heterocycles. The van der Waals surface area contributed by atoms with Gasteiger partial charge in [-0.15, -0.1) is 0 Å². The highest BCUT2D eigenvalue weighted by atomic mass is 35.5. The second-order valence-corrected chi connectivity index (χ2v) is 10.8. The van der Waals surface area contributed by atoms with Gasteiger partial charge in [-0.25, -0.2) is 4.99 Å². The fourth-order valence-corrected chi connectivity index (χ4v) is 5.65. The van der Waals surface area contributed by atoms with E-state index in [2.05, 4.69) is 54.2 Å². The summed E-state index contributed by atoms with van der Waals surface area (Å²) in [6.07, 6.45) is 12.6. The van der Waals surface area contributed by atoms with Gasteiger partial charge in [0.15, 0.2) is 0 Å². The Morgan fingerprint density at radius 2 is 1.61 bits per heavy atom. The molecule has 1 aliphatic carbocycles. The Morgan fingerprint density at radius 1 is 0.976 bits per heavy atom. The van der Waals surface area contributed by atoms with Crippen molar-refractivity contribution < 1.29 is 14.6 Å². The highest BCUT2D eigenvalue weighted by Gasteiger charge is 2.25. The first-order chi connectivity index (χ1) is 20.1. The number of phenolic OH excluding ortho intramolecular Hbond substituents is 1. The molecule has 2 N–H and O–H groups in total. The third-order valence-corrected chi connectivity index (χ3v) is 7.97. The number of aromatic hydroxyl groups is 1. The Labute approximate surface area is 247 Å². The van der Waals surface area contributed by atoms with Crippen LogP contribution in [0.1, 0.15) is 37.8 Å². The third-order valence-electron chi connectivity index (χ3n) is 7.67. The van der Waals surface area contributed by atoms with Gasteiger partial charge in [-0.05, 0) is 48.2 Å². The lowest BCUT2D eigenvalue weighted by atomic mass is 10.0. The largest absolute Gasteiger partial charge is 0.506 e. The van der Waals surface area contributed by atoms with Crippen molar-refractivity contribution in [1.82, 2.24) is 14.4 Å². The van der Waals surface area contributed by atoms with E-state index in [1.165, 1.54) is 11.1 Å². The molecule has 9 nitrogen and oxygen atoms in total. The molecular formula is C31H41ClN6O3. The molecule has 0 bridgehead atoms. The molecule has 0 saturated carbocycles. The van der Waals surface area contributed by atoms with Crippen LogP contribution in [0.5, 0.6) is 5.75 Å². The van der Waals surface area contributed by atoms with Crippen LogP contribution >= 0.6 is 11.6 Å². The van der Waals surface area contributed by atoms with E-state index in [0.29, 0.717) is 5.02 Å². The molecular weight excluding hydrogens is 540 g/mol. The summed E-state index contributed by atoms with van der Waals surface area (Å²) in [4.78, 5) is 14.2. The number of halogens is 1. The second kappa shape index (κ2) is 14.3. The number of phenols is 1. The highest BCUT2D eigenvalue weighted by molar-refractivity contribution is 6.32. The molecule has 1 unspecified atom stereocenters. The van der Waals surface area contributed by atoms with Gasteiger partial charge in [-0.2, -0.15) is 0 Å². The van der Waals surface area contributed by atoms with Gasteiger partial charge >= 0.3 is 0 Å². The van der Waals surface area contributed by atoms with E-state index in [1.54, 1.807) is 24.5 Å². The summed E-state index contributed by atoms with van der Waals surface area (Å²) < 4.78 is 13.4. The first kappa shape index (κ1) is 29.5. The quantitative estimate of drug-likeness (QED) is 0.467. The number of ether oxygens (including phenoxy) is 2. The van der Waals surface area contributed by atoms with Crippen molar-refractivity contribution in [2.45, 2.75) is 45.8 Å². The fraction of sp³-hybridized carbons (Fsp3) is 0.484. The van der Waals surface area contributed by atoms with Crippen LogP contribution in [-0.4, -0.2) is 90.3 Å². The number of aliphatic imine (C=N–C) groups is 2. The monoisotopic (exact) mass is 580 g/mol. The number of hydrogen-bond donors (Lipinski definition) is 2. The average molecular weight is 581 g/mol. The summed E-state index contributed by atoms with van der Waals surface area (Å²) in [5, 5.41) is 13.5. The van der Waals surface area contributed by atoms with E-state index < -0.39 is 0 Å². The molecule has 41 heavy (non-hydrogen) atoms. The Balaban J connectivity index is 0.00000165. The van der Waals surface area contributed by atoms with Crippen molar-refractivity contribution in [3.05, 3.63) is 64.5 Å². The Hall–Kier alpha value is -2.95. The maximum atomic E-state index is 9.82. The Kier molecular flexibility index (Phi) is 10.3. The van der Waals surface area contributed by atoms with Gasteiger partial charge < -0.3 is 24.5 Å². The van der Waals surface area contributed by atoms with Crippen LogP contribution in [0, 0.1) is 0 Å². The first-order valence-electron chi connectivity index (χ1n) is 14.7. The predicted octanol–water partition coefficient (Wildman–Crippen LogP) is 5.02. The minimum Gasteiger partial charge on any atom is -0.506 e. The number of allylic oxidation sites excluding steroid dienone is 3. The number of amidine groups is 1. The maximum Gasteiger partial charge on any atom is 0.137 e. The standard InChI is InChI=1S/C29H35ClN6O3.C2H6/c30-26-14-23(4-5-28(26)37)33-29-25-15-24(2-1-3-27(25)31-20-32-29)36-18-21(16-34-6-10-38-11-7-34)22(19-36)17-35-8-12-39-13-9-35;1-2/h2,4-5,14-15,18-20,27,37H,1,3,6-13,16-17H2,(H,31,32,33);1-2H3. The van der Waals surface area contributed by atoms with Crippen LogP contribution in [0.2, 0.25) is 5.02 Å². The molecule has 1 aromatic carbocycles. The van der Waals surface area contributed by atoms with Gasteiger partial charge in [0.2, 0.25) is 0 Å². The lowest BCUT2D eigenvalue weighted by Crippen LogP contribution is -2.37. The summed E-state index contributed by atoms with van der Waals surface area (Å²) in [5.41, 5.74) is 5.65. The van der Waals surface area contributed by atoms with Crippen molar-refractivity contribution in [3.8, 4) is 5.75 Å². The number of rotatable bonds is 6. The molecule has 4 aliphatic rings. The van der Waals surface area contributed by atoms with Gasteiger partial charge in [0, 0.05) is 68.6 Å². The summed E-state index contributed by atoms with van der Waals surface area (Å²) in [6, 6.07) is 5.11. The van der Waals surface area contributed by atoms with Gasteiger partial charge in [0.25, 0.3) is 0 Å². The predicted molar refractivity (Wildman–Crippen MR) is 166 cm³/mol. The topological polar surface area (TPSA) is 86.8 Å². The van der Waals surface area contributed by atoms with Gasteiger partial charge in [-0.1, -0.05) is 31.5 Å². The number of hydrogen-bond acceptors (Lipinski definition) is 8. The van der Waals surface area contributed by atoms with E-state index in [0.717, 1.165) is 101 Å². The van der Waals surface area contributed by atoms with Crippen molar-refractivity contribution in [3.63, 3.8) is 0 Å². The fourth-order valence-electron chi connectivity index (χ4n) is 5.46. The van der Waals surface area contributed by atoms with Crippen LogP contribution < -0.4 is 5.32 Å². The molecule has 1 atom stereocenters. The van der Waals surface area contributed by atoms with Crippen LogP contribution in [-0.2, 0) is 22.6 Å².